The fourth-order valence-electron chi connectivity index (χ4n) is 2.32. The molecule has 0 saturated carbocycles. The van der Waals surface area contributed by atoms with E-state index in [4.69, 9.17) is 4.74 Å². The van der Waals surface area contributed by atoms with E-state index in [1.54, 1.807) is 13.2 Å². The maximum Gasteiger partial charge on any atom is 0.422 e. The Kier molecular flexibility index (Phi) is 7.91. The summed E-state index contributed by atoms with van der Waals surface area (Å²) in [6, 6.07) is 10.8. The van der Waals surface area contributed by atoms with E-state index in [-0.39, 0.29) is 12.4 Å². The number of pyridine rings is 1. The third kappa shape index (κ3) is 7.34. The maximum absolute atomic E-state index is 12.3. The first kappa shape index (κ1) is 21.3. The first-order chi connectivity index (χ1) is 13.4. The second kappa shape index (κ2) is 10.4. The summed E-state index contributed by atoms with van der Waals surface area (Å²) in [7, 11) is 1.61. The molecule has 0 aliphatic carbocycles. The third-order valence-electron chi connectivity index (χ3n) is 3.59. The minimum atomic E-state index is -4.41. The standard InChI is InChI=1S/C19H23F3N4O2/c1-3-23-18(26-12-15-6-4-5-7-16(15)27-2)25-11-14-8-9-24-17(10-14)28-13-19(20,21)22/h4-10H,3,11-13H2,1-2H3,(H2,23,25,26). The van der Waals surface area contributed by atoms with Crippen molar-refractivity contribution in [3.63, 3.8) is 0 Å². The van der Waals surface area contributed by atoms with Gasteiger partial charge in [-0.3, -0.25) is 0 Å². The van der Waals surface area contributed by atoms with Gasteiger partial charge in [-0.25, -0.2) is 9.98 Å². The molecule has 2 N–H and O–H groups in total. The molecular formula is C19H23F3N4O2. The van der Waals surface area contributed by atoms with Crippen LogP contribution in [0.3, 0.4) is 0 Å². The molecule has 0 amide bonds. The Hall–Kier alpha value is -2.97. The summed E-state index contributed by atoms with van der Waals surface area (Å²) in [5.74, 6) is 1.26. The van der Waals surface area contributed by atoms with E-state index >= 15 is 0 Å². The smallest absolute Gasteiger partial charge is 0.422 e. The molecule has 0 saturated heterocycles. The van der Waals surface area contributed by atoms with E-state index < -0.39 is 12.8 Å². The van der Waals surface area contributed by atoms with Crippen LogP contribution < -0.4 is 20.1 Å². The molecule has 0 bridgehead atoms. The number of benzene rings is 1. The molecule has 6 nitrogen and oxygen atoms in total. The number of hydrogen-bond donors (Lipinski definition) is 2. The van der Waals surface area contributed by atoms with E-state index in [0.29, 0.717) is 24.6 Å². The number of para-hydroxylation sites is 1. The molecule has 0 spiro atoms. The summed E-state index contributed by atoms with van der Waals surface area (Å²) in [6.07, 6.45) is -3.01. The van der Waals surface area contributed by atoms with Crippen LogP contribution in [0.5, 0.6) is 11.6 Å². The summed E-state index contributed by atoms with van der Waals surface area (Å²) >= 11 is 0. The van der Waals surface area contributed by atoms with Gasteiger partial charge >= 0.3 is 6.18 Å². The minimum absolute atomic E-state index is 0.0861. The van der Waals surface area contributed by atoms with E-state index in [0.717, 1.165) is 11.3 Å². The molecule has 0 atom stereocenters. The van der Waals surface area contributed by atoms with Crippen molar-refractivity contribution in [2.75, 3.05) is 20.3 Å². The highest BCUT2D eigenvalue weighted by Crippen LogP contribution is 2.18. The first-order valence-corrected chi connectivity index (χ1v) is 8.70. The lowest BCUT2D eigenvalue weighted by Gasteiger charge is -2.13. The topological polar surface area (TPSA) is 67.8 Å². The van der Waals surface area contributed by atoms with Crippen LogP contribution in [0.15, 0.2) is 47.6 Å². The van der Waals surface area contributed by atoms with Gasteiger partial charge in [-0.05, 0) is 24.6 Å². The Bertz CT molecular complexity index is 782. The lowest BCUT2D eigenvalue weighted by atomic mass is 10.2. The van der Waals surface area contributed by atoms with E-state index in [1.807, 2.05) is 31.2 Å². The number of halogens is 3. The molecule has 0 unspecified atom stereocenters. The number of alkyl halides is 3. The van der Waals surface area contributed by atoms with Crippen LogP contribution in [0, 0.1) is 0 Å². The minimum Gasteiger partial charge on any atom is -0.496 e. The van der Waals surface area contributed by atoms with Crippen LogP contribution >= 0.6 is 0 Å². The summed E-state index contributed by atoms with van der Waals surface area (Å²) < 4.78 is 46.8. The van der Waals surface area contributed by atoms with Gasteiger partial charge < -0.3 is 20.1 Å². The number of rotatable bonds is 8. The lowest BCUT2D eigenvalue weighted by molar-refractivity contribution is -0.154. The van der Waals surface area contributed by atoms with Crippen LogP contribution in [0.4, 0.5) is 13.2 Å². The Labute approximate surface area is 161 Å². The molecular weight excluding hydrogens is 373 g/mol. The fraction of sp³-hybridized carbons (Fsp3) is 0.368. The zero-order chi connectivity index (χ0) is 20.4. The van der Waals surface area contributed by atoms with Crippen LogP contribution in [0.2, 0.25) is 0 Å². The van der Waals surface area contributed by atoms with Crippen LogP contribution in [-0.4, -0.2) is 37.4 Å². The molecule has 0 aliphatic rings. The Morgan fingerprint density at radius 3 is 2.68 bits per heavy atom. The number of nitrogens with one attached hydrogen (secondary N) is 2. The van der Waals surface area contributed by atoms with Crippen LogP contribution in [-0.2, 0) is 13.1 Å². The Morgan fingerprint density at radius 1 is 1.18 bits per heavy atom. The molecule has 1 heterocycles. The molecule has 2 rings (SSSR count). The average molecular weight is 396 g/mol. The largest absolute Gasteiger partial charge is 0.496 e. The monoisotopic (exact) mass is 396 g/mol. The van der Waals surface area contributed by atoms with Crippen molar-refractivity contribution in [2.45, 2.75) is 26.2 Å². The summed E-state index contributed by atoms with van der Waals surface area (Å²) in [5, 5.41) is 6.33. The van der Waals surface area contributed by atoms with Crippen molar-refractivity contribution >= 4 is 5.96 Å². The number of guanidine groups is 1. The number of aromatic nitrogens is 1. The van der Waals surface area contributed by atoms with Gasteiger partial charge in [0.1, 0.15) is 5.75 Å². The summed E-state index contributed by atoms with van der Waals surface area (Å²) in [5.41, 5.74) is 1.66. The Morgan fingerprint density at radius 2 is 1.96 bits per heavy atom. The molecule has 0 fully saturated rings. The normalized spacial score (nSPS) is 11.8. The van der Waals surface area contributed by atoms with Gasteiger partial charge in [0, 0.05) is 30.9 Å². The SMILES string of the molecule is CCNC(=NCc1ccnc(OCC(F)(F)F)c1)NCc1ccccc1OC. The van der Waals surface area contributed by atoms with Crippen molar-refractivity contribution in [3.05, 3.63) is 53.7 Å². The van der Waals surface area contributed by atoms with Crippen LogP contribution in [0.1, 0.15) is 18.1 Å². The predicted octanol–water partition coefficient (Wildman–Crippen LogP) is 3.29. The first-order valence-electron chi connectivity index (χ1n) is 8.70. The van der Waals surface area contributed by atoms with Crippen molar-refractivity contribution in [3.8, 4) is 11.6 Å². The second-order valence-electron chi connectivity index (χ2n) is 5.77. The average Bonchev–Trinajstić information content (AvgIpc) is 2.68. The van der Waals surface area contributed by atoms with Gasteiger partial charge in [-0.1, -0.05) is 18.2 Å². The van der Waals surface area contributed by atoms with E-state index in [2.05, 4.69) is 25.3 Å². The summed E-state index contributed by atoms with van der Waals surface area (Å²) in [6.45, 7) is 1.98. The molecule has 152 valence electrons. The van der Waals surface area contributed by atoms with Gasteiger partial charge in [-0.15, -0.1) is 0 Å². The highest BCUT2D eigenvalue weighted by molar-refractivity contribution is 5.79. The maximum atomic E-state index is 12.3. The zero-order valence-corrected chi connectivity index (χ0v) is 15.7. The van der Waals surface area contributed by atoms with Crippen LogP contribution in [0.25, 0.3) is 0 Å². The lowest BCUT2D eigenvalue weighted by Crippen LogP contribution is -2.36. The van der Waals surface area contributed by atoms with Gasteiger partial charge in [0.05, 0.1) is 13.7 Å². The number of methoxy groups -OCH3 is 1. The van der Waals surface area contributed by atoms with Gasteiger partial charge in [0.25, 0.3) is 0 Å². The Balaban J connectivity index is 2.00. The molecule has 1 aromatic heterocycles. The quantitative estimate of drug-likeness (QED) is 0.530. The highest BCUT2D eigenvalue weighted by Gasteiger charge is 2.28. The number of hydrogen-bond acceptors (Lipinski definition) is 4. The van der Waals surface area contributed by atoms with Crippen molar-refractivity contribution in [2.24, 2.45) is 4.99 Å². The highest BCUT2D eigenvalue weighted by atomic mass is 19.4. The predicted molar refractivity (Wildman–Crippen MR) is 100 cm³/mol. The van der Waals surface area contributed by atoms with Gasteiger partial charge in [0.15, 0.2) is 12.6 Å². The molecule has 9 heteroatoms. The van der Waals surface area contributed by atoms with Crippen molar-refractivity contribution in [1.82, 2.24) is 15.6 Å². The summed E-state index contributed by atoms with van der Waals surface area (Å²) in [4.78, 5) is 8.24. The number of ether oxygens (including phenoxy) is 2. The molecule has 0 radical (unpaired) electrons. The number of nitrogens with zero attached hydrogens (tertiary/aromatic N) is 2. The van der Waals surface area contributed by atoms with Gasteiger partial charge in [0.2, 0.25) is 5.88 Å². The van der Waals surface area contributed by atoms with Crippen molar-refractivity contribution in [1.29, 1.82) is 0 Å². The number of aliphatic imine (C=N–C) groups is 1. The van der Waals surface area contributed by atoms with E-state index in [1.165, 1.54) is 12.3 Å². The van der Waals surface area contributed by atoms with Crippen molar-refractivity contribution < 1.29 is 22.6 Å². The third-order valence-corrected chi connectivity index (χ3v) is 3.59. The van der Waals surface area contributed by atoms with Gasteiger partial charge in [-0.2, -0.15) is 13.2 Å². The molecule has 28 heavy (non-hydrogen) atoms. The fourth-order valence-corrected chi connectivity index (χ4v) is 2.32. The second-order valence-corrected chi connectivity index (χ2v) is 5.77. The molecule has 2 aromatic rings. The molecule has 0 aliphatic heterocycles. The van der Waals surface area contributed by atoms with E-state index in [9.17, 15) is 13.2 Å². The molecule has 1 aromatic carbocycles. The zero-order valence-electron chi connectivity index (χ0n) is 15.7.